The van der Waals surface area contributed by atoms with Crippen molar-refractivity contribution in [3.8, 4) is 11.1 Å². The minimum absolute atomic E-state index is 0.112. The molecule has 3 heterocycles. The van der Waals surface area contributed by atoms with Crippen LogP contribution in [0.15, 0.2) is 36.7 Å². The van der Waals surface area contributed by atoms with Gasteiger partial charge in [0.25, 0.3) is 0 Å². The Morgan fingerprint density at radius 2 is 2.04 bits per heavy atom. The Bertz CT molecular complexity index is 1080. The topological polar surface area (TPSA) is 66.1 Å². The molecule has 0 spiro atoms. The van der Waals surface area contributed by atoms with Gasteiger partial charge < -0.3 is 14.4 Å². The lowest BCUT2D eigenvalue weighted by Crippen LogP contribution is -2.28. The lowest BCUT2D eigenvalue weighted by molar-refractivity contribution is -0.117. The Labute approximate surface area is 159 Å². The summed E-state index contributed by atoms with van der Waals surface area (Å²) < 4.78 is 13.0. The summed E-state index contributed by atoms with van der Waals surface area (Å²) in [7, 11) is -2.55. The molecule has 5 nitrogen and oxygen atoms in total. The minimum Gasteiger partial charge on any atom is -0.346 e. The summed E-state index contributed by atoms with van der Waals surface area (Å²) in [5, 5.41) is 1.88. The molecule has 140 valence electrons. The molecule has 27 heavy (non-hydrogen) atoms. The Morgan fingerprint density at radius 3 is 2.70 bits per heavy atom. The number of hydrogen-bond donors (Lipinski definition) is 1. The van der Waals surface area contributed by atoms with Gasteiger partial charge in [0, 0.05) is 41.6 Å². The van der Waals surface area contributed by atoms with Crippen LogP contribution in [0.25, 0.3) is 22.2 Å². The van der Waals surface area contributed by atoms with Crippen LogP contribution in [-0.4, -0.2) is 35.7 Å². The maximum atomic E-state index is 13.0. The SMILES string of the molecule is CCc1c[nH]c2ncc(-c3ccc(N4CCCC4=O)c(P(C)(C)=O)c3)cc12. The van der Waals surface area contributed by atoms with E-state index in [2.05, 4.69) is 23.0 Å². The first kappa shape index (κ1) is 18.0. The smallest absolute Gasteiger partial charge is 0.227 e. The summed E-state index contributed by atoms with van der Waals surface area (Å²) in [4.78, 5) is 21.7. The quantitative estimate of drug-likeness (QED) is 0.690. The monoisotopic (exact) mass is 381 g/mol. The first-order valence-electron chi connectivity index (χ1n) is 9.35. The molecule has 0 radical (unpaired) electrons. The molecule has 1 amide bonds. The molecule has 1 aliphatic heterocycles. The summed E-state index contributed by atoms with van der Waals surface area (Å²) >= 11 is 0. The lowest BCUT2D eigenvalue weighted by atomic mass is 10.0. The number of nitrogens with one attached hydrogen (secondary N) is 1. The number of aryl methyl sites for hydroxylation is 1. The normalized spacial score (nSPS) is 15.1. The van der Waals surface area contributed by atoms with Gasteiger partial charge >= 0.3 is 0 Å². The highest BCUT2D eigenvalue weighted by atomic mass is 31.2. The van der Waals surface area contributed by atoms with Crippen LogP contribution in [0.2, 0.25) is 0 Å². The summed E-state index contributed by atoms with van der Waals surface area (Å²) in [5.41, 5.74) is 4.87. The van der Waals surface area contributed by atoms with Crippen LogP contribution in [0.5, 0.6) is 0 Å². The number of nitrogens with zero attached hydrogens (tertiary/aromatic N) is 2. The van der Waals surface area contributed by atoms with E-state index in [1.54, 1.807) is 18.2 Å². The molecule has 1 fully saturated rings. The fourth-order valence-corrected chi connectivity index (χ4v) is 4.97. The minimum atomic E-state index is -2.55. The van der Waals surface area contributed by atoms with E-state index in [4.69, 9.17) is 0 Å². The van der Waals surface area contributed by atoms with E-state index in [9.17, 15) is 9.36 Å². The molecule has 0 saturated carbocycles. The fraction of sp³-hybridized carbons (Fsp3) is 0.333. The molecule has 0 unspecified atom stereocenters. The predicted molar refractivity (Wildman–Crippen MR) is 112 cm³/mol. The Morgan fingerprint density at radius 1 is 1.22 bits per heavy atom. The highest BCUT2D eigenvalue weighted by Gasteiger charge is 2.27. The number of carbonyl (C=O) groups is 1. The van der Waals surface area contributed by atoms with Crippen molar-refractivity contribution in [2.24, 2.45) is 0 Å². The first-order chi connectivity index (χ1) is 12.9. The van der Waals surface area contributed by atoms with E-state index in [1.165, 1.54) is 5.56 Å². The van der Waals surface area contributed by atoms with Crippen molar-refractivity contribution in [3.63, 3.8) is 0 Å². The second kappa shape index (κ2) is 6.65. The zero-order valence-corrected chi connectivity index (χ0v) is 16.8. The van der Waals surface area contributed by atoms with Gasteiger partial charge in [0.05, 0.1) is 5.69 Å². The van der Waals surface area contributed by atoms with Crippen molar-refractivity contribution in [3.05, 3.63) is 42.2 Å². The van der Waals surface area contributed by atoms with Crippen molar-refractivity contribution >= 4 is 35.1 Å². The number of carbonyl (C=O) groups excluding carboxylic acids is 1. The maximum Gasteiger partial charge on any atom is 0.227 e. The number of pyridine rings is 1. The molecule has 1 N–H and O–H groups in total. The number of amides is 1. The van der Waals surface area contributed by atoms with Crippen LogP contribution >= 0.6 is 7.14 Å². The van der Waals surface area contributed by atoms with Crippen LogP contribution in [0.4, 0.5) is 5.69 Å². The van der Waals surface area contributed by atoms with E-state index in [1.807, 2.05) is 30.6 Å². The summed E-state index contributed by atoms with van der Waals surface area (Å²) in [6.07, 6.45) is 6.19. The zero-order valence-electron chi connectivity index (χ0n) is 16.0. The summed E-state index contributed by atoms with van der Waals surface area (Å²) in [6, 6.07) is 8.05. The molecule has 2 aromatic heterocycles. The van der Waals surface area contributed by atoms with Crippen molar-refractivity contribution < 1.29 is 9.36 Å². The van der Waals surface area contributed by atoms with Crippen molar-refractivity contribution in [2.45, 2.75) is 26.2 Å². The third-order valence-electron chi connectivity index (χ3n) is 5.25. The van der Waals surface area contributed by atoms with Gasteiger partial charge in [-0.1, -0.05) is 13.0 Å². The van der Waals surface area contributed by atoms with E-state index in [-0.39, 0.29) is 5.91 Å². The molecule has 6 heteroatoms. The van der Waals surface area contributed by atoms with Crippen LogP contribution in [0, 0.1) is 0 Å². The van der Waals surface area contributed by atoms with Gasteiger partial charge in [-0.3, -0.25) is 4.79 Å². The molecule has 0 bridgehead atoms. The maximum absolute atomic E-state index is 13.0. The van der Waals surface area contributed by atoms with E-state index in [0.29, 0.717) is 13.0 Å². The number of hydrogen-bond acceptors (Lipinski definition) is 3. The van der Waals surface area contributed by atoms with Gasteiger partial charge in [-0.15, -0.1) is 0 Å². The Balaban J connectivity index is 1.85. The molecule has 1 aromatic carbocycles. The largest absolute Gasteiger partial charge is 0.346 e. The van der Waals surface area contributed by atoms with Gasteiger partial charge in [0.1, 0.15) is 12.8 Å². The van der Waals surface area contributed by atoms with Gasteiger partial charge in [0.2, 0.25) is 5.91 Å². The van der Waals surface area contributed by atoms with Gasteiger partial charge in [-0.25, -0.2) is 4.98 Å². The molecule has 1 saturated heterocycles. The summed E-state index contributed by atoms with van der Waals surface area (Å²) in [6.45, 7) is 6.35. The number of anilines is 1. The van der Waals surface area contributed by atoms with E-state index >= 15 is 0 Å². The molecular weight excluding hydrogens is 357 g/mol. The van der Waals surface area contributed by atoms with Crippen LogP contribution in [-0.2, 0) is 15.8 Å². The third kappa shape index (κ3) is 3.21. The number of fused-ring (bicyclic) bond motifs is 1. The average molecular weight is 381 g/mol. The van der Waals surface area contributed by atoms with Gasteiger partial charge in [0.15, 0.2) is 0 Å². The second-order valence-corrected chi connectivity index (χ2v) is 10.7. The Kier molecular flexibility index (Phi) is 4.43. The lowest BCUT2D eigenvalue weighted by Gasteiger charge is -2.22. The van der Waals surface area contributed by atoms with Crippen LogP contribution in [0.1, 0.15) is 25.3 Å². The second-order valence-electron chi connectivity index (χ2n) is 7.49. The van der Waals surface area contributed by atoms with E-state index in [0.717, 1.165) is 46.0 Å². The fourth-order valence-electron chi connectivity index (χ4n) is 3.77. The molecule has 0 aliphatic carbocycles. The average Bonchev–Trinajstić information content (AvgIpc) is 3.25. The van der Waals surface area contributed by atoms with E-state index < -0.39 is 7.14 Å². The number of aromatic amines is 1. The number of benzene rings is 1. The van der Waals surface area contributed by atoms with Gasteiger partial charge in [-0.2, -0.15) is 0 Å². The highest BCUT2D eigenvalue weighted by Crippen LogP contribution is 2.41. The molecule has 0 atom stereocenters. The van der Waals surface area contributed by atoms with Crippen molar-refractivity contribution in [2.75, 3.05) is 24.8 Å². The molecule has 1 aliphatic rings. The number of rotatable bonds is 4. The highest BCUT2D eigenvalue weighted by molar-refractivity contribution is 7.70. The number of aromatic nitrogens is 2. The standard InChI is InChI=1S/C21H24N3O2P/c1-4-14-12-22-21-17(14)10-16(13-23-21)15-7-8-18(19(11-15)27(2,3)26)24-9-5-6-20(24)25/h7-8,10-13H,4-6,9H2,1-3H3,(H,22,23). The van der Waals surface area contributed by atoms with Crippen molar-refractivity contribution in [1.82, 2.24) is 9.97 Å². The Hall–Kier alpha value is -2.39. The van der Waals surface area contributed by atoms with Gasteiger partial charge in [-0.05, 0) is 55.5 Å². The molecule has 4 rings (SSSR count). The molecule has 3 aromatic rings. The molecular formula is C21H24N3O2P. The van der Waals surface area contributed by atoms with Crippen LogP contribution < -0.4 is 10.2 Å². The first-order valence-corrected chi connectivity index (χ1v) is 11.9. The zero-order chi connectivity index (χ0) is 19.2. The predicted octanol–water partition coefficient (Wildman–Crippen LogP) is 4.17. The number of H-pyrrole nitrogens is 1. The third-order valence-corrected chi connectivity index (χ3v) is 6.77. The van der Waals surface area contributed by atoms with Crippen LogP contribution in [0.3, 0.4) is 0 Å². The van der Waals surface area contributed by atoms with Crippen molar-refractivity contribution in [1.29, 1.82) is 0 Å². The summed E-state index contributed by atoms with van der Waals surface area (Å²) in [5.74, 6) is 0.112.